The maximum Gasteiger partial charge on any atom is 0.224 e. The molecule has 0 fully saturated rings. The number of rotatable bonds is 7. The Balaban J connectivity index is 1.90. The number of para-hydroxylation sites is 1. The van der Waals surface area contributed by atoms with Crippen LogP contribution in [0, 0.1) is 0 Å². The molecule has 0 saturated heterocycles. The lowest BCUT2D eigenvalue weighted by Crippen LogP contribution is -2.17. The highest BCUT2D eigenvalue weighted by Crippen LogP contribution is 2.15. The minimum absolute atomic E-state index is 0.0304. The zero-order chi connectivity index (χ0) is 15.1. The molecule has 0 radical (unpaired) electrons. The SMILES string of the molecule is CCNCc1ccccc1NC(=O)CCc1cnn(C)c1. The highest BCUT2D eigenvalue weighted by Gasteiger charge is 2.07. The molecule has 0 saturated carbocycles. The lowest BCUT2D eigenvalue weighted by molar-refractivity contribution is -0.116. The summed E-state index contributed by atoms with van der Waals surface area (Å²) < 4.78 is 1.75. The van der Waals surface area contributed by atoms with Crippen LogP contribution < -0.4 is 10.6 Å². The first-order valence-corrected chi connectivity index (χ1v) is 7.25. The Hall–Kier alpha value is -2.14. The Morgan fingerprint density at radius 2 is 2.14 bits per heavy atom. The molecule has 1 aromatic heterocycles. The number of nitrogens with one attached hydrogen (secondary N) is 2. The van der Waals surface area contributed by atoms with Crippen LogP contribution in [0.2, 0.25) is 0 Å². The standard InChI is InChI=1S/C16H22N4O/c1-3-17-11-14-6-4-5-7-15(14)19-16(21)9-8-13-10-18-20(2)12-13/h4-7,10,12,17H,3,8-9,11H2,1-2H3,(H,19,21). The molecule has 112 valence electrons. The quantitative estimate of drug-likeness (QED) is 0.819. The van der Waals surface area contributed by atoms with Gasteiger partial charge in [0.1, 0.15) is 0 Å². The van der Waals surface area contributed by atoms with E-state index < -0.39 is 0 Å². The number of carbonyl (C=O) groups is 1. The predicted octanol–water partition coefficient (Wildman–Crippen LogP) is 2.10. The van der Waals surface area contributed by atoms with Gasteiger partial charge >= 0.3 is 0 Å². The average molecular weight is 286 g/mol. The highest BCUT2D eigenvalue weighted by atomic mass is 16.1. The van der Waals surface area contributed by atoms with Gasteiger partial charge in [-0.3, -0.25) is 9.48 Å². The molecule has 0 spiro atoms. The van der Waals surface area contributed by atoms with Crippen molar-refractivity contribution in [1.29, 1.82) is 0 Å². The molecular formula is C16H22N4O. The van der Waals surface area contributed by atoms with Gasteiger partial charge in [0.25, 0.3) is 0 Å². The van der Waals surface area contributed by atoms with Crippen LogP contribution in [0.1, 0.15) is 24.5 Å². The number of hydrogen-bond donors (Lipinski definition) is 2. The smallest absolute Gasteiger partial charge is 0.224 e. The van der Waals surface area contributed by atoms with Crippen LogP contribution in [-0.2, 0) is 24.8 Å². The molecule has 1 amide bonds. The lowest BCUT2D eigenvalue weighted by atomic mass is 10.1. The number of aromatic nitrogens is 2. The van der Waals surface area contributed by atoms with E-state index in [1.807, 2.05) is 37.5 Å². The third kappa shape index (κ3) is 4.72. The molecule has 0 bridgehead atoms. The van der Waals surface area contributed by atoms with E-state index in [-0.39, 0.29) is 5.91 Å². The fourth-order valence-electron chi connectivity index (χ4n) is 2.13. The Labute approximate surface area is 125 Å². The summed E-state index contributed by atoms with van der Waals surface area (Å²) in [6.45, 7) is 3.73. The fourth-order valence-corrected chi connectivity index (χ4v) is 2.13. The molecule has 2 N–H and O–H groups in total. The zero-order valence-electron chi connectivity index (χ0n) is 12.6. The number of hydrogen-bond acceptors (Lipinski definition) is 3. The second-order valence-electron chi connectivity index (χ2n) is 5.01. The van der Waals surface area contributed by atoms with Crippen molar-refractivity contribution in [2.75, 3.05) is 11.9 Å². The van der Waals surface area contributed by atoms with Gasteiger partial charge < -0.3 is 10.6 Å². The van der Waals surface area contributed by atoms with Gasteiger partial charge in [0.15, 0.2) is 0 Å². The summed E-state index contributed by atoms with van der Waals surface area (Å²) in [6, 6.07) is 7.89. The maximum atomic E-state index is 12.1. The molecule has 21 heavy (non-hydrogen) atoms. The van der Waals surface area contributed by atoms with Gasteiger partial charge in [-0.15, -0.1) is 0 Å². The Morgan fingerprint density at radius 1 is 1.33 bits per heavy atom. The van der Waals surface area contributed by atoms with Gasteiger partial charge in [-0.05, 0) is 30.2 Å². The molecular weight excluding hydrogens is 264 g/mol. The van der Waals surface area contributed by atoms with E-state index in [1.165, 1.54) is 0 Å². The van der Waals surface area contributed by atoms with Crippen LogP contribution >= 0.6 is 0 Å². The van der Waals surface area contributed by atoms with Crippen molar-refractivity contribution in [3.8, 4) is 0 Å². The van der Waals surface area contributed by atoms with Crippen LogP contribution in [0.5, 0.6) is 0 Å². The first-order chi connectivity index (χ1) is 10.2. The van der Waals surface area contributed by atoms with Crippen molar-refractivity contribution < 1.29 is 4.79 Å². The largest absolute Gasteiger partial charge is 0.326 e. The topological polar surface area (TPSA) is 58.9 Å². The monoisotopic (exact) mass is 286 g/mol. The van der Waals surface area contributed by atoms with Crippen molar-refractivity contribution in [1.82, 2.24) is 15.1 Å². The van der Waals surface area contributed by atoms with Crippen LogP contribution in [-0.4, -0.2) is 22.2 Å². The molecule has 0 atom stereocenters. The summed E-state index contributed by atoms with van der Waals surface area (Å²) in [4.78, 5) is 12.1. The second kappa shape index (κ2) is 7.59. The fraction of sp³-hybridized carbons (Fsp3) is 0.375. The van der Waals surface area contributed by atoms with Crippen molar-refractivity contribution in [3.05, 3.63) is 47.8 Å². The van der Waals surface area contributed by atoms with E-state index >= 15 is 0 Å². The molecule has 1 heterocycles. The molecule has 0 unspecified atom stereocenters. The van der Waals surface area contributed by atoms with E-state index in [2.05, 4.69) is 22.7 Å². The summed E-state index contributed by atoms with van der Waals surface area (Å²) >= 11 is 0. The van der Waals surface area contributed by atoms with Gasteiger partial charge in [-0.2, -0.15) is 5.10 Å². The van der Waals surface area contributed by atoms with E-state index in [9.17, 15) is 4.79 Å². The Bertz CT molecular complexity index is 591. The molecule has 2 rings (SSSR count). The van der Waals surface area contributed by atoms with Gasteiger partial charge in [0.2, 0.25) is 5.91 Å². The zero-order valence-corrected chi connectivity index (χ0v) is 12.6. The number of nitrogens with zero attached hydrogens (tertiary/aromatic N) is 2. The minimum atomic E-state index is 0.0304. The molecule has 1 aromatic carbocycles. The molecule has 5 nitrogen and oxygen atoms in total. The highest BCUT2D eigenvalue weighted by molar-refractivity contribution is 5.91. The molecule has 0 aliphatic carbocycles. The molecule has 5 heteroatoms. The maximum absolute atomic E-state index is 12.1. The normalized spacial score (nSPS) is 10.6. The summed E-state index contributed by atoms with van der Waals surface area (Å²) in [7, 11) is 1.88. The molecule has 2 aromatic rings. The number of amides is 1. The second-order valence-corrected chi connectivity index (χ2v) is 5.01. The van der Waals surface area contributed by atoms with Crippen LogP contribution in [0.4, 0.5) is 5.69 Å². The van der Waals surface area contributed by atoms with Crippen molar-refractivity contribution in [3.63, 3.8) is 0 Å². The van der Waals surface area contributed by atoms with Crippen molar-refractivity contribution >= 4 is 11.6 Å². The third-order valence-electron chi connectivity index (χ3n) is 3.26. The molecule has 0 aliphatic rings. The van der Waals surface area contributed by atoms with Crippen molar-refractivity contribution in [2.45, 2.75) is 26.3 Å². The third-order valence-corrected chi connectivity index (χ3v) is 3.26. The van der Waals surface area contributed by atoms with Crippen LogP contribution in [0.25, 0.3) is 0 Å². The van der Waals surface area contributed by atoms with Gasteiger partial charge in [-0.1, -0.05) is 25.1 Å². The number of anilines is 1. The summed E-state index contributed by atoms with van der Waals surface area (Å²) in [6.07, 6.45) is 4.90. The Kier molecular flexibility index (Phi) is 5.51. The van der Waals surface area contributed by atoms with E-state index in [1.54, 1.807) is 10.9 Å². The van der Waals surface area contributed by atoms with E-state index in [4.69, 9.17) is 0 Å². The summed E-state index contributed by atoms with van der Waals surface area (Å²) in [5.41, 5.74) is 3.07. The van der Waals surface area contributed by atoms with E-state index in [0.29, 0.717) is 12.8 Å². The predicted molar refractivity (Wildman–Crippen MR) is 84.0 cm³/mol. The lowest BCUT2D eigenvalue weighted by Gasteiger charge is -2.11. The number of benzene rings is 1. The molecule has 0 aliphatic heterocycles. The number of carbonyl (C=O) groups excluding carboxylic acids is 1. The first-order valence-electron chi connectivity index (χ1n) is 7.25. The minimum Gasteiger partial charge on any atom is -0.326 e. The average Bonchev–Trinajstić information content (AvgIpc) is 2.90. The summed E-state index contributed by atoms with van der Waals surface area (Å²) in [5, 5.41) is 10.4. The Morgan fingerprint density at radius 3 is 2.86 bits per heavy atom. The van der Waals surface area contributed by atoms with E-state index in [0.717, 1.165) is 29.9 Å². The van der Waals surface area contributed by atoms with Crippen molar-refractivity contribution in [2.24, 2.45) is 7.05 Å². The van der Waals surface area contributed by atoms with Crippen LogP contribution in [0.15, 0.2) is 36.7 Å². The van der Waals surface area contributed by atoms with Gasteiger partial charge in [0, 0.05) is 31.9 Å². The summed E-state index contributed by atoms with van der Waals surface area (Å²) in [5.74, 6) is 0.0304. The van der Waals surface area contributed by atoms with Gasteiger partial charge in [0.05, 0.1) is 6.20 Å². The van der Waals surface area contributed by atoms with Crippen LogP contribution in [0.3, 0.4) is 0 Å². The number of aryl methyl sites for hydroxylation is 2. The first kappa shape index (κ1) is 15.3. The van der Waals surface area contributed by atoms with Gasteiger partial charge in [-0.25, -0.2) is 0 Å².